The van der Waals surface area contributed by atoms with E-state index in [1.807, 2.05) is 0 Å². The van der Waals surface area contributed by atoms with Crippen LogP contribution in [0.3, 0.4) is 0 Å². The molecular formula is C13H22N2O. The van der Waals surface area contributed by atoms with Crippen LogP contribution >= 0.6 is 0 Å². The quantitative estimate of drug-likeness (QED) is 0.655. The van der Waals surface area contributed by atoms with Crippen LogP contribution in [0.1, 0.15) is 57.8 Å². The van der Waals surface area contributed by atoms with Gasteiger partial charge in [-0.05, 0) is 25.7 Å². The zero-order valence-electron chi connectivity index (χ0n) is 9.98. The SMILES string of the molecule is O=C1CC2(CCCC2)NC2(CCCC2)CN1. The zero-order valence-corrected chi connectivity index (χ0v) is 9.98. The van der Waals surface area contributed by atoms with E-state index in [9.17, 15) is 4.79 Å². The van der Waals surface area contributed by atoms with Crippen molar-refractivity contribution in [1.82, 2.24) is 10.6 Å². The van der Waals surface area contributed by atoms with Gasteiger partial charge in [0.05, 0.1) is 0 Å². The van der Waals surface area contributed by atoms with Crippen LogP contribution in [-0.2, 0) is 4.79 Å². The van der Waals surface area contributed by atoms with Crippen LogP contribution in [0.5, 0.6) is 0 Å². The summed E-state index contributed by atoms with van der Waals surface area (Å²) in [5, 5.41) is 7.04. The fraction of sp³-hybridized carbons (Fsp3) is 0.923. The van der Waals surface area contributed by atoms with E-state index in [0.29, 0.717) is 6.42 Å². The molecule has 0 atom stereocenters. The zero-order chi connectivity index (χ0) is 11.1. The molecule has 90 valence electrons. The molecule has 3 fully saturated rings. The fourth-order valence-electron chi connectivity index (χ4n) is 4.00. The summed E-state index contributed by atoms with van der Waals surface area (Å²) < 4.78 is 0. The van der Waals surface area contributed by atoms with Crippen molar-refractivity contribution in [1.29, 1.82) is 0 Å². The number of rotatable bonds is 0. The van der Waals surface area contributed by atoms with E-state index in [1.165, 1.54) is 51.4 Å². The first-order chi connectivity index (χ1) is 7.72. The molecule has 3 aliphatic rings. The van der Waals surface area contributed by atoms with Gasteiger partial charge >= 0.3 is 0 Å². The highest BCUT2D eigenvalue weighted by molar-refractivity contribution is 5.78. The number of nitrogens with one attached hydrogen (secondary N) is 2. The molecule has 2 saturated carbocycles. The van der Waals surface area contributed by atoms with Gasteiger partial charge in [0.1, 0.15) is 0 Å². The molecule has 16 heavy (non-hydrogen) atoms. The third-order valence-corrected chi connectivity index (χ3v) is 4.77. The van der Waals surface area contributed by atoms with Crippen molar-refractivity contribution in [2.45, 2.75) is 68.9 Å². The maximum Gasteiger partial charge on any atom is 0.221 e. The molecule has 2 spiro atoms. The summed E-state index contributed by atoms with van der Waals surface area (Å²) in [5.74, 6) is 0.262. The van der Waals surface area contributed by atoms with Gasteiger partial charge in [-0.2, -0.15) is 0 Å². The van der Waals surface area contributed by atoms with Crippen molar-refractivity contribution < 1.29 is 4.79 Å². The Morgan fingerprint density at radius 1 is 0.875 bits per heavy atom. The summed E-state index contributed by atoms with van der Waals surface area (Å²) in [6.07, 6.45) is 10.8. The second kappa shape index (κ2) is 3.73. The topological polar surface area (TPSA) is 41.1 Å². The molecule has 3 heteroatoms. The van der Waals surface area contributed by atoms with Crippen molar-refractivity contribution in [2.75, 3.05) is 6.54 Å². The summed E-state index contributed by atoms with van der Waals surface area (Å²) in [5.41, 5.74) is 0.376. The molecule has 0 aromatic rings. The molecule has 3 rings (SSSR count). The van der Waals surface area contributed by atoms with Gasteiger partial charge in [0.2, 0.25) is 5.91 Å². The fourth-order valence-corrected chi connectivity index (χ4v) is 4.00. The minimum absolute atomic E-state index is 0.144. The lowest BCUT2D eigenvalue weighted by atomic mass is 9.88. The Balaban J connectivity index is 1.85. The summed E-state index contributed by atoms with van der Waals surface area (Å²) in [6.45, 7) is 0.855. The Kier molecular flexibility index (Phi) is 2.46. The predicted molar refractivity (Wildman–Crippen MR) is 63.2 cm³/mol. The van der Waals surface area contributed by atoms with E-state index in [-0.39, 0.29) is 17.0 Å². The normalized spacial score (nSPS) is 31.9. The summed E-state index contributed by atoms with van der Waals surface area (Å²) in [7, 11) is 0. The first-order valence-electron chi connectivity index (χ1n) is 6.78. The molecule has 1 amide bonds. The molecule has 1 saturated heterocycles. The van der Waals surface area contributed by atoms with Crippen molar-refractivity contribution in [3.8, 4) is 0 Å². The Labute approximate surface area is 97.4 Å². The Bertz CT molecular complexity index is 288. The minimum atomic E-state index is 0.144. The largest absolute Gasteiger partial charge is 0.354 e. The number of carbonyl (C=O) groups is 1. The highest BCUT2D eigenvalue weighted by Crippen LogP contribution is 2.40. The van der Waals surface area contributed by atoms with Gasteiger partial charge in [0.15, 0.2) is 0 Å². The van der Waals surface area contributed by atoms with Crippen molar-refractivity contribution in [3.63, 3.8) is 0 Å². The summed E-state index contributed by atoms with van der Waals surface area (Å²) >= 11 is 0. The Morgan fingerprint density at radius 3 is 2.06 bits per heavy atom. The van der Waals surface area contributed by atoms with Gasteiger partial charge in [-0.25, -0.2) is 0 Å². The Morgan fingerprint density at radius 2 is 1.44 bits per heavy atom. The highest BCUT2D eigenvalue weighted by Gasteiger charge is 2.46. The van der Waals surface area contributed by atoms with Crippen LogP contribution in [0.2, 0.25) is 0 Å². The van der Waals surface area contributed by atoms with Gasteiger partial charge in [-0.15, -0.1) is 0 Å². The number of hydrogen-bond donors (Lipinski definition) is 2. The molecule has 0 radical (unpaired) electrons. The molecule has 0 unspecified atom stereocenters. The third-order valence-electron chi connectivity index (χ3n) is 4.77. The van der Waals surface area contributed by atoms with Gasteiger partial charge in [0, 0.05) is 24.0 Å². The molecule has 2 N–H and O–H groups in total. The standard InChI is InChI=1S/C13H22N2O/c16-11-9-12(5-1-2-6-12)15-13(10-14-11)7-3-4-8-13/h15H,1-10H2,(H,14,16). The lowest BCUT2D eigenvalue weighted by Gasteiger charge is -2.38. The Hall–Kier alpha value is -0.570. The maximum atomic E-state index is 11.8. The number of amides is 1. The van der Waals surface area contributed by atoms with Crippen LogP contribution in [0, 0.1) is 0 Å². The third kappa shape index (κ3) is 1.75. The smallest absolute Gasteiger partial charge is 0.221 e. The van der Waals surface area contributed by atoms with Crippen molar-refractivity contribution in [2.24, 2.45) is 0 Å². The lowest BCUT2D eigenvalue weighted by Crippen LogP contribution is -2.57. The maximum absolute atomic E-state index is 11.8. The molecule has 1 heterocycles. The molecular weight excluding hydrogens is 200 g/mol. The van der Waals surface area contributed by atoms with Gasteiger partial charge in [0.25, 0.3) is 0 Å². The van der Waals surface area contributed by atoms with Crippen LogP contribution in [0.15, 0.2) is 0 Å². The average Bonchev–Trinajstić information content (AvgIpc) is 2.83. The predicted octanol–water partition coefficient (Wildman–Crippen LogP) is 1.72. The first-order valence-corrected chi connectivity index (χ1v) is 6.78. The van der Waals surface area contributed by atoms with E-state index in [4.69, 9.17) is 0 Å². The molecule has 3 nitrogen and oxygen atoms in total. The molecule has 0 aromatic heterocycles. The lowest BCUT2D eigenvalue weighted by molar-refractivity contribution is -0.121. The average molecular weight is 222 g/mol. The van der Waals surface area contributed by atoms with Crippen molar-refractivity contribution >= 4 is 5.91 Å². The highest BCUT2D eigenvalue weighted by atomic mass is 16.1. The molecule has 2 aliphatic carbocycles. The van der Waals surface area contributed by atoms with E-state index >= 15 is 0 Å². The van der Waals surface area contributed by atoms with Crippen LogP contribution in [0.4, 0.5) is 0 Å². The van der Waals surface area contributed by atoms with Crippen LogP contribution < -0.4 is 10.6 Å². The molecule has 1 aliphatic heterocycles. The van der Waals surface area contributed by atoms with Crippen LogP contribution in [0.25, 0.3) is 0 Å². The first kappa shape index (κ1) is 10.6. The molecule has 0 aromatic carbocycles. The van der Waals surface area contributed by atoms with Crippen molar-refractivity contribution in [3.05, 3.63) is 0 Å². The second-order valence-corrected chi connectivity index (χ2v) is 6.05. The monoisotopic (exact) mass is 222 g/mol. The van der Waals surface area contributed by atoms with Gasteiger partial charge < -0.3 is 10.6 Å². The summed E-state index contributed by atoms with van der Waals surface area (Å²) in [4.78, 5) is 11.8. The van der Waals surface area contributed by atoms with E-state index in [1.54, 1.807) is 0 Å². The minimum Gasteiger partial charge on any atom is -0.354 e. The van der Waals surface area contributed by atoms with Gasteiger partial charge in [-0.1, -0.05) is 25.7 Å². The van der Waals surface area contributed by atoms with Crippen LogP contribution in [-0.4, -0.2) is 23.5 Å². The van der Waals surface area contributed by atoms with E-state index < -0.39 is 0 Å². The van der Waals surface area contributed by atoms with E-state index in [2.05, 4.69) is 10.6 Å². The second-order valence-electron chi connectivity index (χ2n) is 6.05. The molecule has 0 bridgehead atoms. The summed E-state index contributed by atoms with van der Waals surface area (Å²) in [6, 6.07) is 0. The van der Waals surface area contributed by atoms with E-state index in [0.717, 1.165) is 6.54 Å². The number of hydrogen-bond acceptors (Lipinski definition) is 2. The number of carbonyl (C=O) groups excluding carboxylic acids is 1. The van der Waals surface area contributed by atoms with Gasteiger partial charge in [-0.3, -0.25) is 4.79 Å².